The highest BCUT2D eigenvalue weighted by atomic mass is 19.2. The Morgan fingerprint density at radius 2 is 1.88 bits per heavy atom. The fourth-order valence-corrected chi connectivity index (χ4v) is 2.12. The highest BCUT2D eigenvalue weighted by Crippen LogP contribution is 2.21. The molecule has 0 amide bonds. The van der Waals surface area contributed by atoms with E-state index >= 15 is 0 Å². The van der Waals surface area contributed by atoms with Crippen LogP contribution in [0, 0.1) is 11.6 Å². The Labute approximate surface area is 135 Å². The molecule has 0 fully saturated rings. The molecule has 0 radical (unpaired) electrons. The topological polar surface area (TPSA) is 65.2 Å². The van der Waals surface area contributed by atoms with Crippen LogP contribution >= 0.6 is 0 Å². The summed E-state index contributed by atoms with van der Waals surface area (Å²) in [5, 5.41) is 7.37. The molecule has 0 saturated carbocycles. The summed E-state index contributed by atoms with van der Waals surface area (Å²) in [5.41, 5.74) is 0.753. The number of carbonyl (C=O) groups is 1. The molecule has 3 aromatic rings. The number of halogens is 2. The van der Waals surface area contributed by atoms with Gasteiger partial charge in [0.15, 0.2) is 17.7 Å². The summed E-state index contributed by atoms with van der Waals surface area (Å²) in [6, 6.07) is 9.70. The average molecular weight is 330 g/mol. The Morgan fingerprint density at radius 1 is 1.12 bits per heavy atom. The van der Waals surface area contributed by atoms with Gasteiger partial charge in [-0.1, -0.05) is 0 Å². The molecule has 0 aliphatic heterocycles. The van der Waals surface area contributed by atoms with Crippen LogP contribution in [0.1, 0.15) is 17.3 Å². The maximum Gasteiger partial charge on any atom is 0.247 e. The zero-order chi connectivity index (χ0) is 17.1. The summed E-state index contributed by atoms with van der Waals surface area (Å²) >= 11 is 0. The molecule has 0 bridgehead atoms. The van der Waals surface area contributed by atoms with Crippen molar-refractivity contribution in [3.05, 3.63) is 66.1 Å². The predicted octanol–water partition coefficient (Wildman–Crippen LogP) is 3.67. The third kappa shape index (κ3) is 3.29. The number of ketones is 1. The number of hydrogen-bond donors (Lipinski definition) is 0. The summed E-state index contributed by atoms with van der Waals surface area (Å²) in [5.74, 6) is -1.71. The molecule has 5 nitrogen and oxygen atoms in total. The molecule has 122 valence electrons. The summed E-state index contributed by atoms with van der Waals surface area (Å²) in [7, 11) is 0. The molecule has 24 heavy (non-hydrogen) atoms. The van der Waals surface area contributed by atoms with Gasteiger partial charge in [0.25, 0.3) is 0 Å². The number of hydrogen-bond acceptors (Lipinski definition) is 5. The van der Waals surface area contributed by atoms with Crippen LogP contribution in [0.25, 0.3) is 11.5 Å². The molecule has 0 aliphatic carbocycles. The Balaban J connectivity index is 1.70. The van der Waals surface area contributed by atoms with Gasteiger partial charge in [-0.15, -0.1) is 10.2 Å². The van der Waals surface area contributed by atoms with Crippen LogP contribution in [-0.2, 0) is 0 Å². The Bertz CT molecular complexity index is 849. The first-order valence-corrected chi connectivity index (χ1v) is 7.07. The van der Waals surface area contributed by atoms with Crippen molar-refractivity contribution in [3.8, 4) is 17.2 Å². The number of aromatic nitrogens is 2. The Hall–Kier alpha value is -3.09. The number of nitrogens with zero attached hydrogens (tertiary/aromatic N) is 2. The summed E-state index contributed by atoms with van der Waals surface area (Å²) in [6.45, 7) is 1.54. The van der Waals surface area contributed by atoms with Crippen LogP contribution in [0.15, 0.2) is 53.3 Å². The molecule has 0 aliphatic rings. The van der Waals surface area contributed by atoms with Gasteiger partial charge in [-0.3, -0.25) is 4.79 Å². The van der Waals surface area contributed by atoms with E-state index in [0.717, 1.165) is 12.1 Å². The first-order chi connectivity index (χ1) is 11.5. The molecular formula is C17H12F2N2O3. The lowest BCUT2D eigenvalue weighted by molar-refractivity contribution is 0.0817. The van der Waals surface area contributed by atoms with Crippen LogP contribution in [-0.4, -0.2) is 22.1 Å². The molecule has 7 heteroatoms. The van der Waals surface area contributed by atoms with Crippen LogP contribution in [0.4, 0.5) is 8.78 Å². The minimum absolute atomic E-state index is 0.0453. The van der Waals surface area contributed by atoms with Gasteiger partial charge >= 0.3 is 0 Å². The molecule has 1 atom stereocenters. The van der Waals surface area contributed by atoms with Gasteiger partial charge < -0.3 is 9.15 Å². The van der Waals surface area contributed by atoms with Crippen molar-refractivity contribution in [1.82, 2.24) is 10.2 Å². The minimum Gasteiger partial charge on any atom is -0.483 e. The van der Waals surface area contributed by atoms with Crippen molar-refractivity contribution >= 4 is 5.78 Å². The van der Waals surface area contributed by atoms with Crippen molar-refractivity contribution in [1.29, 1.82) is 0 Å². The van der Waals surface area contributed by atoms with Gasteiger partial charge in [-0.25, -0.2) is 8.78 Å². The fourth-order valence-electron chi connectivity index (χ4n) is 2.12. The van der Waals surface area contributed by atoms with Crippen LogP contribution < -0.4 is 4.74 Å². The highest BCUT2D eigenvalue weighted by Gasteiger charge is 2.18. The quantitative estimate of drug-likeness (QED) is 0.668. The van der Waals surface area contributed by atoms with Gasteiger partial charge in [-0.05, 0) is 49.4 Å². The van der Waals surface area contributed by atoms with Gasteiger partial charge in [0, 0.05) is 11.1 Å². The van der Waals surface area contributed by atoms with Crippen molar-refractivity contribution in [3.63, 3.8) is 0 Å². The summed E-state index contributed by atoms with van der Waals surface area (Å²) in [6.07, 6.45) is 0.367. The number of carbonyl (C=O) groups excluding carboxylic acids is 1. The first-order valence-electron chi connectivity index (χ1n) is 7.07. The van der Waals surface area contributed by atoms with E-state index in [1.165, 1.54) is 19.4 Å². The van der Waals surface area contributed by atoms with E-state index in [-0.39, 0.29) is 5.56 Å². The smallest absolute Gasteiger partial charge is 0.247 e. The predicted molar refractivity (Wildman–Crippen MR) is 80.5 cm³/mol. The lowest BCUT2D eigenvalue weighted by atomic mass is 10.1. The maximum atomic E-state index is 13.2. The van der Waals surface area contributed by atoms with E-state index in [1.54, 1.807) is 24.3 Å². The molecule has 0 saturated heterocycles. The standard InChI is InChI=1S/C17H12F2N2O3/c1-10(16(22)12-4-7-14(18)15(19)8-12)24-13-5-2-11(3-6-13)17-21-20-9-23-17/h2-10H,1H3/t10-/m0/s1. The van der Waals surface area contributed by atoms with Crippen molar-refractivity contribution in [2.45, 2.75) is 13.0 Å². The third-order valence-corrected chi connectivity index (χ3v) is 3.35. The van der Waals surface area contributed by atoms with Crippen molar-refractivity contribution in [2.75, 3.05) is 0 Å². The average Bonchev–Trinajstić information content (AvgIpc) is 3.12. The van der Waals surface area contributed by atoms with E-state index in [4.69, 9.17) is 9.15 Å². The van der Waals surface area contributed by atoms with E-state index in [2.05, 4.69) is 10.2 Å². The van der Waals surface area contributed by atoms with Gasteiger partial charge in [0.1, 0.15) is 5.75 Å². The number of rotatable bonds is 5. The highest BCUT2D eigenvalue weighted by molar-refractivity contribution is 5.99. The number of ether oxygens (including phenoxy) is 1. The van der Waals surface area contributed by atoms with E-state index < -0.39 is 23.5 Å². The second-order valence-electron chi connectivity index (χ2n) is 5.02. The summed E-state index contributed by atoms with van der Waals surface area (Å²) < 4.78 is 36.8. The molecule has 1 aromatic heterocycles. The maximum absolute atomic E-state index is 13.2. The van der Waals surface area contributed by atoms with Crippen LogP contribution in [0.5, 0.6) is 5.75 Å². The largest absolute Gasteiger partial charge is 0.483 e. The fraction of sp³-hybridized carbons (Fsp3) is 0.118. The zero-order valence-corrected chi connectivity index (χ0v) is 12.6. The Morgan fingerprint density at radius 3 is 2.50 bits per heavy atom. The van der Waals surface area contributed by atoms with E-state index in [0.29, 0.717) is 17.2 Å². The second kappa shape index (κ2) is 6.57. The SMILES string of the molecule is C[C@H](Oc1ccc(-c2nnco2)cc1)C(=O)c1ccc(F)c(F)c1. The number of benzene rings is 2. The van der Waals surface area contributed by atoms with Crippen molar-refractivity contribution < 1.29 is 22.7 Å². The van der Waals surface area contributed by atoms with Gasteiger partial charge in [-0.2, -0.15) is 0 Å². The lowest BCUT2D eigenvalue weighted by Crippen LogP contribution is -2.24. The third-order valence-electron chi connectivity index (χ3n) is 3.35. The van der Waals surface area contributed by atoms with E-state index in [1.807, 2.05) is 0 Å². The van der Waals surface area contributed by atoms with Crippen LogP contribution in [0.3, 0.4) is 0 Å². The normalized spacial score (nSPS) is 12.0. The summed E-state index contributed by atoms with van der Waals surface area (Å²) in [4.78, 5) is 12.2. The number of Topliss-reactive ketones (excluding diaryl/α,β-unsaturated/α-hetero) is 1. The first kappa shape index (κ1) is 15.8. The molecular weight excluding hydrogens is 318 g/mol. The monoisotopic (exact) mass is 330 g/mol. The molecule has 3 rings (SSSR count). The van der Waals surface area contributed by atoms with E-state index in [9.17, 15) is 13.6 Å². The van der Waals surface area contributed by atoms with Crippen molar-refractivity contribution in [2.24, 2.45) is 0 Å². The molecule has 2 aromatic carbocycles. The van der Waals surface area contributed by atoms with Gasteiger partial charge in [0.2, 0.25) is 18.1 Å². The minimum atomic E-state index is -1.07. The molecule has 0 unspecified atom stereocenters. The Kier molecular flexibility index (Phi) is 4.33. The molecule has 1 heterocycles. The van der Waals surface area contributed by atoms with Gasteiger partial charge in [0.05, 0.1) is 0 Å². The van der Waals surface area contributed by atoms with Crippen LogP contribution in [0.2, 0.25) is 0 Å². The molecule has 0 N–H and O–H groups in total. The second-order valence-corrected chi connectivity index (χ2v) is 5.02. The molecule has 0 spiro atoms. The lowest BCUT2D eigenvalue weighted by Gasteiger charge is -2.14. The zero-order valence-electron chi connectivity index (χ0n) is 12.6.